The lowest BCUT2D eigenvalue weighted by Gasteiger charge is -2.26. The fourth-order valence-electron chi connectivity index (χ4n) is 10.6. The van der Waals surface area contributed by atoms with Crippen LogP contribution in [0.5, 0.6) is 23.0 Å². The first-order valence-corrected chi connectivity index (χ1v) is 33.8. The van der Waals surface area contributed by atoms with Crippen molar-refractivity contribution < 1.29 is 62.1 Å². The standard InChI is InChI=1S/C64H64N4O14S4/c1-41-5-13-57(14-6-41)83(69,70)65-53-33-45-29-46-34-54(66-84(71,72)58-15-7-42(2)8-16-58)39-51-32-52-40-56(68-86(75,76)60-19-11-44(4)12-20-60)36-48-30-47-35-55(67-85(73,74)59-17-9-43(3)10-18-59)38-50(63(47)81-27-23-78-24-28-82-64(48)52)31-49(37-53)61(45)79-25-21-77-22-26-80-62(46)51/h5-20,33-40,65-68H,21-32H2,1-4H3. The summed E-state index contributed by atoms with van der Waals surface area (Å²) in [6.45, 7) is 8.05. The lowest BCUT2D eigenvalue weighted by atomic mass is 9.90. The van der Waals surface area contributed by atoms with Gasteiger partial charge in [0.1, 0.15) is 49.4 Å². The fourth-order valence-corrected chi connectivity index (χ4v) is 14.8. The van der Waals surface area contributed by atoms with Crippen molar-refractivity contribution in [2.45, 2.75) is 73.0 Å². The highest BCUT2D eigenvalue weighted by Gasteiger charge is 2.29. The molecule has 4 N–H and O–H groups in total. The fraction of sp³-hybridized carbons (Fsp3) is 0.250. The number of benzene rings is 8. The van der Waals surface area contributed by atoms with E-state index in [-0.39, 0.29) is 121 Å². The molecule has 8 aromatic carbocycles. The Kier molecular flexibility index (Phi) is 17.1. The maximum atomic E-state index is 14.4. The van der Waals surface area contributed by atoms with Crippen LogP contribution in [0, 0.1) is 27.7 Å². The summed E-state index contributed by atoms with van der Waals surface area (Å²) >= 11 is 0. The van der Waals surface area contributed by atoms with Gasteiger partial charge in [-0.25, -0.2) is 33.7 Å². The van der Waals surface area contributed by atoms with E-state index in [0.717, 1.165) is 22.3 Å². The summed E-state index contributed by atoms with van der Waals surface area (Å²) in [5, 5.41) is 0. The van der Waals surface area contributed by atoms with Gasteiger partial charge in [0.15, 0.2) is 0 Å². The highest BCUT2D eigenvalue weighted by Crippen LogP contribution is 2.44. The van der Waals surface area contributed by atoms with E-state index in [2.05, 4.69) is 18.9 Å². The predicted octanol–water partition coefficient (Wildman–Crippen LogP) is 10.4. The summed E-state index contributed by atoms with van der Waals surface area (Å²) in [7, 11) is -17.0. The van der Waals surface area contributed by atoms with Crippen LogP contribution in [-0.4, -0.2) is 86.5 Å². The largest absolute Gasteiger partial charge is 0.491 e. The minimum Gasteiger partial charge on any atom is -0.491 e. The molecule has 0 spiro atoms. The first-order valence-electron chi connectivity index (χ1n) is 27.8. The molecule has 0 unspecified atom stereocenters. The maximum Gasteiger partial charge on any atom is 0.261 e. The van der Waals surface area contributed by atoms with Crippen LogP contribution in [0.25, 0.3) is 0 Å². The van der Waals surface area contributed by atoms with E-state index in [1.54, 1.807) is 97.1 Å². The molecule has 448 valence electrons. The van der Waals surface area contributed by atoms with E-state index in [1.165, 1.54) is 48.5 Å². The van der Waals surface area contributed by atoms with Crippen LogP contribution in [0.1, 0.15) is 66.8 Å². The number of nitrogens with one attached hydrogen (secondary N) is 4. The van der Waals surface area contributed by atoms with Gasteiger partial charge in [-0.3, -0.25) is 18.9 Å². The van der Waals surface area contributed by atoms with Crippen molar-refractivity contribution in [3.8, 4) is 23.0 Å². The second kappa shape index (κ2) is 24.7. The summed E-state index contributed by atoms with van der Waals surface area (Å²) in [6, 6.07) is 39.0. The molecule has 0 radical (unpaired) electrons. The van der Waals surface area contributed by atoms with E-state index in [4.69, 9.17) is 28.4 Å². The van der Waals surface area contributed by atoms with E-state index in [0.29, 0.717) is 67.5 Å². The summed E-state index contributed by atoms with van der Waals surface area (Å²) in [4.78, 5) is 0.0411. The Bertz CT molecular complexity index is 3780. The molecular formula is C64H64N4O14S4. The quantitative estimate of drug-likeness (QED) is 0.0890. The van der Waals surface area contributed by atoms with Crippen molar-refractivity contribution in [1.82, 2.24) is 0 Å². The molecule has 2 aliphatic heterocycles. The van der Waals surface area contributed by atoms with Gasteiger partial charge in [0.2, 0.25) is 0 Å². The van der Waals surface area contributed by atoms with E-state index < -0.39 is 40.1 Å². The molecule has 0 amide bonds. The SMILES string of the molecule is Cc1ccc(S(=O)(=O)Nc2cc3c4c(c2)Cc2cc(NS(=O)(=O)c5ccc(C)cc5)cc5c2OCCOCCOc2c(cc(NS(=O)(=O)c6ccc(C)cc6)cc2Cc2cc(NS(=O)(=O)c6ccc(C)cc6)cc(c2OCCOCCO4)C3)C5)cc1. The monoisotopic (exact) mass is 1240 g/mol. The zero-order chi connectivity index (χ0) is 60.4. The molecule has 22 heteroatoms. The topological polar surface area (TPSA) is 240 Å². The molecule has 18 nitrogen and oxygen atoms in total. The molecule has 0 saturated heterocycles. The summed E-state index contributed by atoms with van der Waals surface area (Å²) in [5.41, 5.74) is 7.61. The average Bonchev–Trinajstić information content (AvgIpc) is 1.04. The van der Waals surface area contributed by atoms with E-state index in [9.17, 15) is 33.7 Å². The minimum absolute atomic E-state index is 0.0103. The van der Waals surface area contributed by atoms with Crippen molar-refractivity contribution in [3.63, 3.8) is 0 Å². The number of rotatable bonds is 12. The van der Waals surface area contributed by atoms with Crippen molar-refractivity contribution in [2.75, 3.05) is 71.7 Å². The third kappa shape index (κ3) is 13.8. The van der Waals surface area contributed by atoms with Crippen molar-refractivity contribution >= 4 is 62.8 Å². The predicted molar refractivity (Wildman–Crippen MR) is 329 cm³/mol. The third-order valence-corrected chi connectivity index (χ3v) is 20.3. The summed E-state index contributed by atoms with van der Waals surface area (Å²) < 4.78 is 166. The lowest BCUT2D eigenvalue weighted by molar-refractivity contribution is 0.0744. The third-order valence-electron chi connectivity index (χ3n) is 14.7. The van der Waals surface area contributed by atoms with Crippen LogP contribution in [0.4, 0.5) is 22.7 Å². The van der Waals surface area contributed by atoms with Crippen molar-refractivity contribution in [3.05, 3.63) is 212 Å². The highest BCUT2D eigenvalue weighted by molar-refractivity contribution is 7.93. The van der Waals surface area contributed by atoms with Gasteiger partial charge in [-0.05, 0) is 125 Å². The number of sulfonamides is 4. The van der Waals surface area contributed by atoms with Gasteiger partial charge in [0, 0.05) is 92.9 Å². The summed E-state index contributed by atoms with van der Waals surface area (Å²) in [5.74, 6) is 1.33. The Hall–Kier alpha value is -8.12. The molecule has 86 heavy (non-hydrogen) atoms. The van der Waals surface area contributed by atoms with Crippen LogP contribution in [0.3, 0.4) is 0 Å². The molecule has 0 aromatic heterocycles. The van der Waals surface area contributed by atoms with Gasteiger partial charge >= 0.3 is 0 Å². The second-order valence-corrected chi connectivity index (χ2v) is 28.2. The van der Waals surface area contributed by atoms with Crippen LogP contribution < -0.4 is 37.8 Å². The molecule has 0 saturated carbocycles. The van der Waals surface area contributed by atoms with Crippen LogP contribution >= 0.6 is 0 Å². The minimum atomic E-state index is -4.24. The van der Waals surface area contributed by atoms with Crippen LogP contribution in [0.2, 0.25) is 0 Å². The number of aryl methyl sites for hydroxylation is 4. The highest BCUT2D eigenvalue weighted by atomic mass is 32.2. The number of hydrogen-bond acceptors (Lipinski definition) is 14. The maximum absolute atomic E-state index is 14.4. The van der Waals surface area contributed by atoms with Crippen LogP contribution in [-0.2, 0) is 75.3 Å². The van der Waals surface area contributed by atoms with Gasteiger partial charge in [-0.15, -0.1) is 0 Å². The average molecular weight is 1240 g/mol. The first kappa shape index (κ1) is 59.6. The molecule has 12 bridgehead atoms. The first-order chi connectivity index (χ1) is 41.1. The Balaban J connectivity index is 1.20. The number of ether oxygens (including phenoxy) is 6. The van der Waals surface area contributed by atoms with Crippen molar-refractivity contribution in [1.29, 1.82) is 0 Å². The molecule has 2 heterocycles. The lowest BCUT2D eigenvalue weighted by Crippen LogP contribution is -2.19. The van der Waals surface area contributed by atoms with Gasteiger partial charge < -0.3 is 28.4 Å². The molecule has 0 atom stereocenters. The van der Waals surface area contributed by atoms with Gasteiger partial charge in [0.05, 0.1) is 46.0 Å². The van der Waals surface area contributed by atoms with Gasteiger partial charge in [-0.1, -0.05) is 70.8 Å². The molecule has 3 aliphatic rings. The second-order valence-electron chi connectivity index (χ2n) is 21.5. The van der Waals surface area contributed by atoms with E-state index >= 15 is 0 Å². The van der Waals surface area contributed by atoms with Crippen molar-refractivity contribution in [2.24, 2.45) is 0 Å². The Morgan fingerprint density at radius 1 is 0.267 bits per heavy atom. The molecule has 0 fully saturated rings. The molecule has 8 aromatic rings. The Labute approximate surface area is 502 Å². The van der Waals surface area contributed by atoms with Gasteiger partial charge in [-0.2, -0.15) is 0 Å². The molecule has 11 rings (SSSR count). The number of anilines is 4. The van der Waals surface area contributed by atoms with Gasteiger partial charge in [0.25, 0.3) is 40.1 Å². The zero-order valence-electron chi connectivity index (χ0n) is 47.7. The normalized spacial score (nSPS) is 14.8. The summed E-state index contributed by atoms with van der Waals surface area (Å²) in [6.07, 6.45) is -0.219. The smallest absolute Gasteiger partial charge is 0.261 e. The zero-order valence-corrected chi connectivity index (χ0v) is 51.0. The van der Waals surface area contributed by atoms with Crippen LogP contribution in [0.15, 0.2) is 165 Å². The molecule has 1 aliphatic carbocycles. The molecular weight excluding hydrogens is 1180 g/mol. The Morgan fingerprint density at radius 3 is 0.616 bits per heavy atom. The number of hydrogen-bond donors (Lipinski definition) is 4. The Morgan fingerprint density at radius 2 is 0.442 bits per heavy atom. The van der Waals surface area contributed by atoms with E-state index in [1.807, 2.05) is 27.7 Å².